The molecule has 5 nitrogen and oxygen atoms in total. The third-order valence-corrected chi connectivity index (χ3v) is 1.66. The molecule has 2 N–H and O–H groups in total. The SMILES string of the molecule is O=Cc1cc2oc(C(=O)O)cc2[nH]1. The number of carboxylic acid groups (broad SMARTS) is 1. The third-order valence-electron chi connectivity index (χ3n) is 1.66. The predicted molar refractivity (Wildman–Crippen MR) is 42.9 cm³/mol. The molecule has 13 heavy (non-hydrogen) atoms. The van der Waals surface area contributed by atoms with E-state index in [1.54, 1.807) is 0 Å². The second-order valence-electron chi connectivity index (χ2n) is 2.54. The zero-order valence-electron chi connectivity index (χ0n) is 6.40. The summed E-state index contributed by atoms with van der Waals surface area (Å²) in [6.45, 7) is 0. The Labute approximate surface area is 72.0 Å². The van der Waals surface area contributed by atoms with Crippen molar-refractivity contribution in [2.45, 2.75) is 0 Å². The quantitative estimate of drug-likeness (QED) is 0.680. The van der Waals surface area contributed by atoms with E-state index < -0.39 is 5.97 Å². The summed E-state index contributed by atoms with van der Waals surface area (Å²) in [5, 5.41) is 8.55. The van der Waals surface area contributed by atoms with Crippen LogP contribution in [0.2, 0.25) is 0 Å². The fourth-order valence-corrected chi connectivity index (χ4v) is 1.11. The molecular weight excluding hydrogens is 174 g/mol. The van der Waals surface area contributed by atoms with Crippen molar-refractivity contribution in [2.24, 2.45) is 0 Å². The molecule has 0 radical (unpaired) electrons. The van der Waals surface area contributed by atoms with Crippen LogP contribution in [0.4, 0.5) is 0 Å². The van der Waals surface area contributed by atoms with E-state index >= 15 is 0 Å². The number of rotatable bonds is 2. The smallest absolute Gasteiger partial charge is 0.371 e. The van der Waals surface area contributed by atoms with Crippen molar-refractivity contribution in [3.05, 3.63) is 23.6 Å². The molecule has 2 heterocycles. The number of hydrogen-bond donors (Lipinski definition) is 2. The van der Waals surface area contributed by atoms with Crippen LogP contribution in [0.3, 0.4) is 0 Å². The molecule has 0 unspecified atom stereocenters. The number of H-pyrrole nitrogens is 1. The Morgan fingerprint density at radius 3 is 2.85 bits per heavy atom. The maximum Gasteiger partial charge on any atom is 0.371 e. The molecule has 0 atom stereocenters. The van der Waals surface area contributed by atoms with Crippen LogP contribution in [0.25, 0.3) is 11.1 Å². The molecule has 0 aromatic carbocycles. The summed E-state index contributed by atoms with van der Waals surface area (Å²) >= 11 is 0. The molecule has 0 saturated carbocycles. The largest absolute Gasteiger partial charge is 0.475 e. The third kappa shape index (κ3) is 1.10. The monoisotopic (exact) mass is 179 g/mol. The maximum atomic E-state index is 10.4. The molecule has 2 aromatic rings. The molecule has 0 aliphatic heterocycles. The van der Waals surface area contributed by atoms with Crippen molar-refractivity contribution in [2.75, 3.05) is 0 Å². The van der Waals surface area contributed by atoms with Crippen LogP contribution in [-0.2, 0) is 0 Å². The lowest BCUT2D eigenvalue weighted by Gasteiger charge is -1.82. The summed E-state index contributed by atoms with van der Waals surface area (Å²) in [6.07, 6.45) is 0.635. The Bertz CT molecular complexity index is 448. The van der Waals surface area contributed by atoms with E-state index in [2.05, 4.69) is 4.98 Å². The van der Waals surface area contributed by atoms with E-state index in [1.165, 1.54) is 12.1 Å². The average Bonchev–Trinajstić information content (AvgIpc) is 2.58. The minimum Gasteiger partial charge on any atom is -0.475 e. The molecule has 2 aromatic heterocycles. The van der Waals surface area contributed by atoms with Gasteiger partial charge in [0.05, 0.1) is 11.2 Å². The van der Waals surface area contributed by atoms with Gasteiger partial charge in [-0.25, -0.2) is 4.79 Å². The van der Waals surface area contributed by atoms with Crippen LogP contribution < -0.4 is 0 Å². The highest BCUT2D eigenvalue weighted by atomic mass is 16.4. The fourth-order valence-electron chi connectivity index (χ4n) is 1.11. The van der Waals surface area contributed by atoms with Crippen LogP contribution in [0.1, 0.15) is 21.0 Å². The van der Waals surface area contributed by atoms with Crippen molar-refractivity contribution in [3.8, 4) is 0 Å². The molecule has 2 rings (SSSR count). The lowest BCUT2D eigenvalue weighted by molar-refractivity contribution is 0.0665. The number of aromatic nitrogens is 1. The number of carbonyl (C=O) groups is 2. The lowest BCUT2D eigenvalue weighted by atomic mass is 10.4. The first-order valence-electron chi connectivity index (χ1n) is 3.52. The zero-order chi connectivity index (χ0) is 9.42. The van der Waals surface area contributed by atoms with E-state index in [0.717, 1.165) is 0 Å². The van der Waals surface area contributed by atoms with E-state index in [0.29, 0.717) is 23.1 Å². The van der Waals surface area contributed by atoms with Gasteiger partial charge in [-0.05, 0) is 0 Å². The highest BCUT2D eigenvalue weighted by molar-refractivity contribution is 5.92. The number of nitrogens with one attached hydrogen (secondary N) is 1. The Kier molecular flexibility index (Phi) is 1.45. The predicted octanol–water partition coefficient (Wildman–Crippen LogP) is 1.27. The number of fused-ring (bicyclic) bond motifs is 1. The van der Waals surface area contributed by atoms with Gasteiger partial charge in [0.25, 0.3) is 0 Å². The Balaban J connectivity index is 2.60. The van der Waals surface area contributed by atoms with Gasteiger partial charge in [-0.2, -0.15) is 0 Å². The van der Waals surface area contributed by atoms with Gasteiger partial charge < -0.3 is 14.5 Å². The normalized spacial score (nSPS) is 10.5. The van der Waals surface area contributed by atoms with Gasteiger partial charge in [0.2, 0.25) is 5.76 Å². The van der Waals surface area contributed by atoms with Gasteiger partial charge in [0.1, 0.15) is 0 Å². The second-order valence-corrected chi connectivity index (χ2v) is 2.54. The molecule has 66 valence electrons. The van der Waals surface area contributed by atoms with Gasteiger partial charge in [0.15, 0.2) is 11.9 Å². The fraction of sp³-hybridized carbons (Fsp3) is 0. The maximum absolute atomic E-state index is 10.4. The minimum absolute atomic E-state index is 0.140. The van der Waals surface area contributed by atoms with Crippen molar-refractivity contribution in [3.63, 3.8) is 0 Å². The van der Waals surface area contributed by atoms with Crippen LogP contribution in [0.15, 0.2) is 16.5 Å². The first-order chi connectivity index (χ1) is 6.20. The molecule has 0 saturated heterocycles. The average molecular weight is 179 g/mol. The molecule has 0 amide bonds. The van der Waals surface area contributed by atoms with Crippen LogP contribution >= 0.6 is 0 Å². The van der Waals surface area contributed by atoms with Crippen LogP contribution in [0, 0.1) is 0 Å². The Hall–Kier alpha value is -2.04. The standard InChI is InChI=1S/C8H5NO4/c10-3-4-1-6-5(9-4)2-7(13-6)8(11)12/h1-3,9H,(H,11,12). The second kappa shape index (κ2) is 2.48. The van der Waals surface area contributed by atoms with E-state index in [9.17, 15) is 9.59 Å². The molecule has 0 aliphatic rings. The van der Waals surface area contributed by atoms with Gasteiger partial charge >= 0.3 is 5.97 Å². The number of aromatic amines is 1. The van der Waals surface area contributed by atoms with E-state index in [-0.39, 0.29) is 5.76 Å². The van der Waals surface area contributed by atoms with E-state index in [4.69, 9.17) is 9.52 Å². The highest BCUT2D eigenvalue weighted by Gasteiger charge is 2.12. The lowest BCUT2D eigenvalue weighted by Crippen LogP contribution is -1.91. The summed E-state index contributed by atoms with van der Waals surface area (Å²) < 4.78 is 4.92. The Morgan fingerprint density at radius 2 is 2.31 bits per heavy atom. The van der Waals surface area contributed by atoms with Crippen molar-refractivity contribution >= 4 is 23.4 Å². The van der Waals surface area contributed by atoms with Crippen LogP contribution in [0.5, 0.6) is 0 Å². The first-order valence-corrected chi connectivity index (χ1v) is 3.52. The summed E-state index contributed by atoms with van der Waals surface area (Å²) in [4.78, 5) is 23.4. The summed E-state index contributed by atoms with van der Waals surface area (Å²) in [5.41, 5.74) is 1.25. The molecule has 5 heteroatoms. The topological polar surface area (TPSA) is 83.3 Å². The molecule has 0 fully saturated rings. The van der Waals surface area contributed by atoms with Crippen molar-refractivity contribution < 1.29 is 19.1 Å². The Morgan fingerprint density at radius 1 is 1.54 bits per heavy atom. The first kappa shape index (κ1) is 7.60. The number of aromatic carboxylic acids is 1. The number of aldehydes is 1. The van der Waals surface area contributed by atoms with Gasteiger partial charge in [-0.3, -0.25) is 4.79 Å². The van der Waals surface area contributed by atoms with E-state index in [1.807, 2.05) is 0 Å². The van der Waals surface area contributed by atoms with Crippen molar-refractivity contribution in [1.29, 1.82) is 0 Å². The number of carboxylic acids is 1. The van der Waals surface area contributed by atoms with Crippen molar-refractivity contribution in [1.82, 2.24) is 4.98 Å². The summed E-state index contributed by atoms with van der Waals surface area (Å²) in [5.74, 6) is -1.27. The van der Waals surface area contributed by atoms with Gasteiger partial charge in [-0.15, -0.1) is 0 Å². The minimum atomic E-state index is -1.13. The van der Waals surface area contributed by atoms with Gasteiger partial charge in [0, 0.05) is 12.1 Å². The molecular formula is C8H5NO4. The van der Waals surface area contributed by atoms with Crippen LogP contribution in [-0.4, -0.2) is 22.3 Å². The molecule has 0 spiro atoms. The molecule has 0 aliphatic carbocycles. The number of carbonyl (C=O) groups excluding carboxylic acids is 1. The summed E-state index contributed by atoms with van der Waals surface area (Å²) in [6, 6.07) is 2.79. The summed E-state index contributed by atoms with van der Waals surface area (Å²) in [7, 11) is 0. The zero-order valence-corrected chi connectivity index (χ0v) is 6.40. The number of furan rings is 1. The van der Waals surface area contributed by atoms with Gasteiger partial charge in [-0.1, -0.05) is 0 Å². The highest BCUT2D eigenvalue weighted by Crippen LogP contribution is 2.19. The molecule has 0 bridgehead atoms. The number of hydrogen-bond acceptors (Lipinski definition) is 3.